The number of ether oxygens (including phenoxy) is 1. The molecule has 0 aliphatic carbocycles. The molecule has 0 aliphatic rings. The van der Waals surface area contributed by atoms with Gasteiger partial charge in [0, 0.05) is 6.54 Å². The summed E-state index contributed by atoms with van der Waals surface area (Å²) in [6, 6.07) is 15.7. The number of hydrogen-bond donors (Lipinski definition) is 1. The van der Waals surface area contributed by atoms with Gasteiger partial charge in [-0.15, -0.1) is 0 Å². The Bertz CT molecular complexity index is 613. The lowest BCUT2D eigenvalue weighted by molar-refractivity contribution is -0.128. The summed E-state index contributed by atoms with van der Waals surface area (Å²) in [5, 5.41) is 2.93. The SMILES string of the molecule is CC[C@H](Oc1ccc(F)cc1)C(=O)NC[C@@H](C)c1ccccc1. The number of amides is 1. The molecular formula is C19H22FNO2. The molecule has 0 bridgehead atoms. The summed E-state index contributed by atoms with van der Waals surface area (Å²) in [7, 11) is 0. The van der Waals surface area contributed by atoms with Gasteiger partial charge in [-0.1, -0.05) is 44.2 Å². The van der Waals surface area contributed by atoms with Crippen molar-refractivity contribution in [1.82, 2.24) is 5.32 Å². The molecule has 1 N–H and O–H groups in total. The zero-order chi connectivity index (χ0) is 16.7. The van der Waals surface area contributed by atoms with Crippen LogP contribution in [0.2, 0.25) is 0 Å². The smallest absolute Gasteiger partial charge is 0.261 e. The minimum Gasteiger partial charge on any atom is -0.481 e. The van der Waals surface area contributed by atoms with Crippen molar-refractivity contribution in [3.05, 3.63) is 66.0 Å². The van der Waals surface area contributed by atoms with Crippen LogP contribution in [0.1, 0.15) is 31.7 Å². The van der Waals surface area contributed by atoms with Gasteiger partial charge in [0.2, 0.25) is 0 Å². The fourth-order valence-corrected chi connectivity index (χ4v) is 2.27. The first-order chi connectivity index (χ1) is 11.1. The van der Waals surface area contributed by atoms with Gasteiger partial charge in [0.25, 0.3) is 5.91 Å². The van der Waals surface area contributed by atoms with Crippen LogP contribution in [0.3, 0.4) is 0 Å². The number of halogens is 1. The minimum absolute atomic E-state index is 0.153. The lowest BCUT2D eigenvalue weighted by Crippen LogP contribution is -2.39. The Hall–Kier alpha value is -2.36. The highest BCUT2D eigenvalue weighted by molar-refractivity contribution is 5.81. The summed E-state index contributed by atoms with van der Waals surface area (Å²) < 4.78 is 18.5. The Morgan fingerprint density at radius 3 is 2.39 bits per heavy atom. The first-order valence-corrected chi connectivity index (χ1v) is 7.85. The number of rotatable bonds is 7. The highest BCUT2D eigenvalue weighted by Crippen LogP contribution is 2.16. The normalized spacial score (nSPS) is 13.2. The molecule has 23 heavy (non-hydrogen) atoms. The van der Waals surface area contributed by atoms with Gasteiger partial charge >= 0.3 is 0 Å². The van der Waals surface area contributed by atoms with Gasteiger partial charge in [0.05, 0.1) is 0 Å². The summed E-state index contributed by atoms with van der Waals surface area (Å²) in [6.07, 6.45) is -0.0356. The Balaban J connectivity index is 1.88. The van der Waals surface area contributed by atoms with Gasteiger partial charge in [-0.05, 0) is 42.2 Å². The molecule has 2 rings (SSSR count). The van der Waals surface area contributed by atoms with E-state index < -0.39 is 6.10 Å². The predicted molar refractivity (Wildman–Crippen MR) is 89.0 cm³/mol. The summed E-state index contributed by atoms with van der Waals surface area (Å²) in [5.41, 5.74) is 1.18. The average Bonchev–Trinajstić information content (AvgIpc) is 2.59. The second kappa shape index (κ2) is 8.32. The van der Waals surface area contributed by atoms with Crippen molar-refractivity contribution < 1.29 is 13.9 Å². The zero-order valence-corrected chi connectivity index (χ0v) is 13.5. The standard InChI is InChI=1S/C19H22FNO2/c1-3-18(23-17-11-9-16(20)10-12-17)19(22)21-13-14(2)15-7-5-4-6-8-15/h4-12,14,18H,3,13H2,1-2H3,(H,21,22)/t14-,18+/m1/s1. The highest BCUT2D eigenvalue weighted by Gasteiger charge is 2.19. The third-order valence-electron chi connectivity index (χ3n) is 3.71. The van der Waals surface area contributed by atoms with E-state index in [-0.39, 0.29) is 17.6 Å². The largest absolute Gasteiger partial charge is 0.481 e. The number of carbonyl (C=O) groups excluding carboxylic acids is 1. The fourth-order valence-electron chi connectivity index (χ4n) is 2.27. The molecule has 0 radical (unpaired) electrons. The van der Waals surface area contributed by atoms with Crippen LogP contribution >= 0.6 is 0 Å². The van der Waals surface area contributed by atoms with E-state index >= 15 is 0 Å². The van der Waals surface area contributed by atoms with Crippen LogP contribution in [0.25, 0.3) is 0 Å². The Labute approximate surface area is 136 Å². The molecule has 0 saturated carbocycles. The fraction of sp³-hybridized carbons (Fsp3) is 0.316. The van der Waals surface area contributed by atoms with Crippen molar-refractivity contribution in [2.24, 2.45) is 0 Å². The van der Waals surface area contributed by atoms with Crippen molar-refractivity contribution in [3.63, 3.8) is 0 Å². The number of carbonyl (C=O) groups is 1. The Morgan fingerprint density at radius 2 is 1.78 bits per heavy atom. The van der Waals surface area contributed by atoms with Crippen molar-refractivity contribution in [3.8, 4) is 5.75 Å². The molecule has 0 spiro atoms. The summed E-state index contributed by atoms with van der Waals surface area (Å²) in [6.45, 7) is 4.50. The Kier molecular flexibility index (Phi) is 6.15. The van der Waals surface area contributed by atoms with Crippen LogP contribution in [0.15, 0.2) is 54.6 Å². The van der Waals surface area contributed by atoms with E-state index in [4.69, 9.17) is 4.74 Å². The third-order valence-corrected chi connectivity index (χ3v) is 3.71. The number of hydrogen-bond acceptors (Lipinski definition) is 2. The molecule has 122 valence electrons. The topological polar surface area (TPSA) is 38.3 Å². The molecule has 2 atom stereocenters. The molecule has 2 aromatic carbocycles. The lowest BCUT2D eigenvalue weighted by atomic mass is 10.0. The number of benzene rings is 2. The van der Waals surface area contributed by atoms with Crippen LogP contribution in [-0.4, -0.2) is 18.6 Å². The van der Waals surface area contributed by atoms with Crippen molar-refractivity contribution >= 4 is 5.91 Å². The molecule has 0 unspecified atom stereocenters. The van der Waals surface area contributed by atoms with E-state index in [1.54, 1.807) is 0 Å². The second-order valence-electron chi connectivity index (χ2n) is 5.53. The van der Waals surface area contributed by atoms with Crippen LogP contribution in [-0.2, 0) is 4.79 Å². The van der Waals surface area contributed by atoms with E-state index in [1.165, 1.54) is 29.8 Å². The predicted octanol–water partition coefficient (Wildman–Crippen LogP) is 3.90. The molecule has 1 amide bonds. The van der Waals surface area contributed by atoms with Crippen LogP contribution in [0, 0.1) is 5.82 Å². The second-order valence-corrected chi connectivity index (χ2v) is 5.53. The van der Waals surface area contributed by atoms with Gasteiger partial charge in [0.1, 0.15) is 11.6 Å². The van der Waals surface area contributed by atoms with Crippen molar-refractivity contribution in [1.29, 1.82) is 0 Å². The lowest BCUT2D eigenvalue weighted by Gasteiger charge is -2.19. The summed E-state index contributed by atoms with van der Waals surface area (Å²) in [5.74, 6) is 0.235. The molecule has 3 nitrogen and oxygen atoms in total. The van der Waals surface area contributed by atoms with E-state index in [2.05, 4.69) is 12.2 Å². The molecule has 4 heteroatoms. The van der Waals surface area contributed by atoms with Gasteiger partial charge < -0.3 is 10.1 Å². The maximum atomic E-state index is 12.9. The minimum atomic E-state index is -0.580. The molecule has 0 fully saturated rings. The third kappa shape index (κ3) is 5.09. The molecule has 0 aromatic heterocycles. The van der Waals surface area contributed by atoms with E-state index in [0.717, 1.165) is 0 Å². The highest BCUT2D eigenvalue weighted by atomic mass is 19.1. The van der Waals surface area contributed by atoms with Crippen molar-refractivity contribution in [2.45, 2.75) is 32.3 Å². The summed E-state index contributed by atoms with van der Waals surface area (Å²) >= 11 is 0. The molecule has 0 aliphatic heterocycles. The first-order valence-electron chi connectivity index (χ1n) is 7.85. The Morgan fingerprint density at radius 1 is 1.13 bits per heavy atom. The van der Waals surface area contributed by atoms with Gasteiger partial charge in [-0.25, -0.2) is 4.39 Å². The van der Waals surface area contributed by atoms with E-state index in [0.29, 0.717) is 18.7 Å². The van der Waals surface area contributed by atoms with Crippen molar-refractivity contribution in [2.75, 3.05) is 6.54 Å². The maximum Gasteiger partial charge on any atom is 0.261 e. The van der Waals surface area contributed by atoms with E-state index in [1.807, 2.05) is 37.3 Å². The van der Waals surface area contributed by atoms with Crippen LogP contribution in [0.5, 0.6) is 5.75 Å². The maximum absolute atomic E-state index is 12.9. The number of nitrogens with one attached hydrogen (secondary N) is 1. The zero-order valence-electron chi connectivity index (χ0n) is 13.5. The van der Waals surface area contributed by atoms with E-state index in [9.17, 15) is 9.18 Å². The summed E-state index contributed by atoms with van der Waals surface area (Å²) in [4.78, 5) is 12.3. The van der Waals surface area contributed by atoms with Gasteiger partial charge in [0.15, 0.2) is 6.10 Å². The molecular weight excluding hydrogens is 293 g/mol. The first kappa shape index (κ1) is 17.0. The molecule has 0 saturated heterocycles. The van der Waals surface area contributed by atoms with Gasteiger partial charge in [-0.2, -0.15) is 0 Å². The van der Waals surface area contributed by atoms with Crippen LogP contribution in [0.4, 0.5) is 4.39 Å². The molecule has 2 aromatic rings. The molecule has 0 heterocycles. The monoisotopic (exact) mass is 315 g/mol. The van der Waals surface area contributed by atoms with Crippen LogP contribution < -0.4 is 10.1 Å². The average molecular weight is 315 g/mol. The quantitative estimate of drug-likeness (QED) is 0.841. The van der Waals surface area contributed by atoms with Gasteiger partial charge in [-0.3, -0.25) is 4.79 Å².